The Balaban J connectivity index is 1.78. The van der Waals surface area contributed by atoms with Crippen LogP contribution in [0.2, 0.25) is 0 Å². The quantitative estimate of drug-likeness (QED) is 0.514. The lowest BCUT2D eigenvalue weighted by molar-refractivity contribution is -0.133. The van der Waals surface area contributed by atoms with E-state index in [1.165, 1.54) is 25.0 Å². The van der Waals surface area contributed by atoms with Crippen LogP contribution in [0.15, 0.2) is 11.8 Å². The third-order valence-corrected chi connectivity index (χ3v) is 6.11. The maximum absolute atomic E-state index is 10.1. The predicted octanol–water partition coefficient (Wildman–Crippen LogP) is 4.41. The Labute approximate surface area is 163 Å². The molecule has 2 N–H and O–H groups in total. The molecule has 26 heavy (non-hydrogen) atoms. The van der Waals surface area contributed by atoms with Crippen molar-refractivity contribution < 1.29 is 19.7 Å². The van der Waals surface area contributed by atoms with Gasteiger partial charge in [-0.25, -0.2) is 0 Å². The van der Waals surface area contributed by atoms with E-state index in [4.69, 9.17) is 21.1 Å². The average molecular weight is 389 g/mol. The van der Waals surface area contributed by atoms with Crippen molar-refractivity contribution in [1.29, 1.82) is 0 Å². The second kappa shape index (κ2) is 12.2. The molecule has 0 aromatic heterocycles. The van der Waals surface area contributed by atoms with E-state index in [9.17, 15) is 10.2 Å². The largest absolute Gasteiger partial charge is 0.499 e. The fourth-order valence-electron chi connectivity index (χ4n) is 4.41. The Morgan fingerprint density at radius 1 is 1.31 bits per heavy atom. The number of halogens is 1. The number of rotatable bonds is 11. The molecule has 0 saturated carbocycles. The summed E-state index contributed by atoms with van der Waals surface area (Å²) in [4.78, 5) is 0. The number of allylic oxidation sites excluding steroid dienone is 2. The Kier molecular flexibility index (Phi) is 10.3. The van der Waals surface area contributed by atoms with Crippen LogP contribution in [0.5, 0.6) is 0 Å². The van der Waals surface area contributed by atoms with E-state index in [0.29, 0.717) is 24.6 Å². The van der Waals surface area contributed by atoms with Crippen molar-refractivity contribution in [3.8, 4) is 0 Å². The van der Waals surface area contributed by atoms with Crippen LogP contribution in [0, 0.1) is 11.8 Å². The molecule has 0 spiro atoms. The minimum Gasteiger partial charge on any atom is -0.499 e. The Morgan fingerprint density at radius 2 is 2.12 bits per heavy atom. The maximum atomic E-state index is 10.1. The van der Waals surface area contributed by atoms with E-state index in [1.54, 1.807) is 0 Å². The minimum atomic E-state index is -0.357. The Morgan fingerprint density at radius 3 is 2.77 bits per heavy atom. The second-order valence-corrected chi connectivity index (χ2v) is 8.25. The van der Waals surface area contributed by atoms with Crippen molar-refractivity contribution in [1.82, 2.24) is 0 Å². The van der Waals surface area contributed by atoms with Crippen molar-refractivity contribution in [2.75, 3.05) is 19.1 Å². The van der Waals surface area contributed by atoms with Crippen LogP contribution in [-0.4, -0.2) is 47.6 Å². The smallest absolute Gasteiger partial charge is 0.0920 e. The van der Waals surface area contributed by atoms with Crippen molar-refractivity contribution in [3.63, 3.8) is 0 Å². The first-order valence-electron chi connectivity index (χ1n) is 10.5. The van der Waals surface area contributed by atoms with Gasteiger partial charge in [-0.1, -0.05) is 12.8 Å². The van der Waals surface area contributed by atoms with Crippen molar-refractivity contribution in [2.24, 2.45) is 11.8 Å². The van der Waals surface area contributed by atoms with Crippen molar-refractivity contribution in [3.05, 3.63) is 11.8 Å². The number of hydrogen-bond donors (Lipinski definition) is 2. The van der Waals surface area contributed by atoms with Gasteiger partial charge in [0.25, 0.3) is 0 Å². The molecule has 152 valence electrons. The highest BCUT2D eigenvalue weighted by molar-refractivity contribution is 6.17. The summed E-state index contributed by atoms with van der Waals surface area (Å²) >= 11 is 5.92. The first-order chi connectivity index (χ1) is 12.7. The molecule has 1 fully saturated rings. The topological polar surface area (TPSA) is 58.9 Å². The first kappa shape index (κ1) is 22.0. The van der Waals surface area contributed by atoms with Crippen LogP contribution in [0.25, 0.3) is 0 Å². The molecule has 0 aromatic carbocycles. The van der Waals surface area contributed by atoms with Crippen LogP contribution in [0.3, 0.4) is 0 Å². The second-order valence-electron chi connectivity index (χ2n) is 7.87. The highest BCUT2D eigenvalue weighted by atomic mass is 35.5. The minimum absolute atomic E-state index is 0.00758. The number of ether oxygens (including phenoxy) is 2. The molecular weight excluding hydrogens is 352 g/mol. The molecule has 2 unspecified atom stereocenters. The van der Waals surface area contributed by atoms with Gasteiger partial charge in [-0.3, -0.25) is 0 Å². The highest BCUT2D eigenvalue weighted by Crippen LogP contribution is 2.33. The van der Waals surface area contributed by atoms with Crippen LogP contribution in [0.4, 0.5) is 0 Å². The van der Waals surface area contributed by atoms with Crippen molar-refractivity contribution >= 4 is 11.6 Å². The molecule has 5 atom stereocenters. The monoisotopic (exact) mass is 388 g/mol. The Bertz CT molecular complexity index is 415. The zero-order chi connectivity index (χ0) is 18.8. The van der Waals surface area contributed by atoms with Gasteiger partial charge in [0.05, 0.1) is 37.3 Å². The van der Waals surface area contributed by atoms with E-state index < -0.39 is 0 Å². The molecule has 0 bridgehead atoms. The fourth-order valence-corrected chi connectivity index (χ4v) is 4.57. The number of alkyl halides is 1. The molecule has 0 amide bonds. The van der Waals surface area contributed by atoms with Gasteiger partial charge in [0, 0.05) is 18.7 Å². The number of aliphatic hydroxyl groups excluding tert-OH is 2. The SMILES string of the molecule is CCOC1=CCC(CCCC(CCCCl)[C@H]2C[C@@H](O)C[C@@H](CO)O2)CC1. The summed E-state index contributed by atoms with van der Waals surface area (Å²) in [7, 11) is 0. The van der Waals surface area contributed by atoms with Gasteiger partial charge in [0.2, 0.25) is 0 Å². The normalized spacial score (nSPS) is 30.7. The molecule has 2 aliphatic rings. The third-order valence-electron chi connectivity index (χ3n) is 5.84. The van der Waals surface area contributed by atoms with Gasteiger partial charge in [-0.05, 0) is 63.4 Å². The molecule has 1 aliphatic carbocycles. The molecule has 2 rings (SSSR count). The average Bonchev–Trinajstić information content (AvgIpc) is 2.65. The number of hydrogen-bond acceptors (Lipinski definition) is 4. The van der Waals surface area contributed by atoms with Crippen molar-refractivity contribution in [2.45, 2.75) is 89.4 Å². The summed E-state index contributed by atoms with van der Waals surface area (Å²) in [6, 6.07) is 0. The highest BCUT2D eigenvalue weighted by Gasteiger charge is 2.32. The van der Waals surface area contributed by atoms with Gasteiger partial charge in [-0.15, -0.1) is 11.6 Å². The van der Waals surface area contributed by atoms with Gasteiger partial charge in [0.1, 0.15) is 0 Å². The summed E-state index contributed by atoms with van der Waals surface area (Å²) in [6.45, 7) is 2.80. The lowest BCUT2D eigenvalue weighted by Gasteiger charge is -2.37. The number of aliphatic hydroxyl groups is 2. The molecule has 1 aliphatic heterocycles. The van der Waals surface area contributed by atoms with Crippen LogP contribution >= 0.6 is 11.6 Å². The summed E-state index contributed by atoms with van der Waals surface area (Å²) in [5, 5.41) is 19.5. The van der Waals surface area contributed by atoms with Crippen LogP contribution in [0.1, 0.15) is 71.1 Å². The van der Waals surface area contributed by atoms with E-state index in [2.05, 4.69) is 6.08 Å². The van der Waals surface area contributed by atoms with Gasteiger partial charge >= 0.3 is 0 Å². The lowest BCUT2D eigenvalue weighted by Crippen LogP contribution is -2.41. The predicted molar refractivity (Wildman–Crippen MR) is 105 cm³/mol. The molecule has 0 aromatic rings. The van der Waals surface area contributed by atoms with Gasteiger partial charge in [0.15, 0.2) is 0 Å². The molecular formula is C21H37ClO4. The summed E-state index contributed by atoms with van der Waals surface area (Å²) in [5.41, 5.74) is 0. The summed E-state index contributed by atoms with van der Waals surface area (Å²) < 4.78 is 11.7. The lowest BCUT2D eigenvalue weighted by atomic mass is 9.83. The zero-order valence-corrected chi connectivity index (χ0v) is 17.0. The van der Waals surface area contributed by atoms with E-state index >= 15 is 0 Å². The summed E-state index contributed by atoms with van der Waals surface area (Å²) in [6.07, 6.45) is 12.0. The maximum Gasteiger partial charge on any atom is 0.0920 e. The van der Waals surface area contributed by atoms with E-state index in [1.807, 2.05) is 6.92 Å². The molecule has 1 heterocycles. The third kappa shape index (κ3) is 7.38. The zero-order valence-electron chi connectivity index (χ0n) is 16.2. The standard InChI is InChI=1S/C21H37ClO4/c1-2-25-19-10-8-16(9-11-19)5-3-6-17(7-4-12-22)21-14-18(24)13-20(15-23)26-21/h10,16-18,20-21,23-24H,2-9,11-15H2,1H3/t16?,17?,18-,20-,21+/m0/s1. The molecule has 0 radical (unpaired) electrons. The van der Waals surface area contributed by atoms with E-state index in [0.717, 1.165) is 44.6 Å². The van der Waals surface area contributed by atoms with Gasteiger partial charge < -0.3 is 19.7 Å². The first-order valence-corrected chi connectivity index (χ1v) is 11.0. The van der Waals surface area contributed by atoms with E-state index in [-0.39, 0.29) is 24.9 Å². The Hall–Kier alpha value is -0.290. The fraction of sp³-hybridized carbons (Fsp3) is 0.905. The molecule has 5 heteroatoms. The van der Waals surface area contributed by atoms with Crippen LogP contribution in [-0.2, 0) is 9.47 Å². The summed E-state index contributed by atoms with van der Waals surface area (Å²) in [5.74, 6) is 3.03. The molecule has 1 saturated heterocycles. The molecule has 4 nitrogen and oxygen atoms in total. The van der Waals surface area contributed by atoms with Crippen LogP contribution < -0.4 is 0 Å². The van der Waals surface area contributed by atoms with Gasteiger partial charge in [-0.2, -0.15) is 0 Å².